The van der Waals surface area contributed by atoms with E-state index in [0.717, 1.165) is 37.1 Å². The lowest BCUT2D eigenvalue weighted by atomic mass is 9.91. The van der Waals surface area contributed by atoms with Crippen molar-refractivity contribution in [3.8, 4) is 0 Å². The quantitative estimate of drug-likeness (QED) is 0.757. The number of aryl methyl sites for hydroxylation is 2. The Morgan fingerprint density at radius 1 is 1.33 bits per heavy atom. The molecule has 1 aromatic rings. The molecule has 0 saturated carbocycles. The Labute approximate surface area is 115 Å². The SMILES string of the molecule is CCCC(CCC)C(=O)Cc1c(Cl)c(C)nn1C. The van der Waals surface area contributed by atoms with E-state index in [1.807, 2.05) is 14.0 Å². The highest BCUT2D eigenvalue weighted by Gasteiger charge is 2.21. The van der Waals surface area contributed by atoms with Crippen LogP contribution in [0, 0.1) is 12.8 Å². The van der Waals surface area contributed by atoms with Crippen LogP contribution in [0.2, 0.25) is 5.02 Å². The molecule has 0 atom stereocenters. The average molecular weight is 271 g/mol. The summed E-state index contributed by atoms with van der Waals surface area (Å²) in [6, 6.07) is 0. The highest BCUT2D eigenvalue weighted by Crippen LogP contribution is 2.23. The number of ketones is 1. The Bertz CT molecular complexity index is 406. The van der Waals surface area contributed by atoms with Crippen LogP contribution in [-0.2, 0) is 18.3 Å². The molecule has 0 unspecified atom stereocenters. The van der Waals surface area contributed by atoms with Crippen LogP contribution in [0.1, 0.15) is 50.9 Å². The van der Waals surface area contributed by atoms with Crippen molar-refractivity contribution in [2.75, 3.05) is 0 Å². The van der Waals surface area contributed by atoms with E-state index in [2.05, 4.69) is 18.9 Å². The van der Waals surface area contributed by atoms with E-state index in [0.29, 0.717) is 17.2 Å². The third kappa shape index (κ3) is 3.58. The van der Waals surface area contributed by atoms with Gasteiger partial charge >= 0.3 is 0 Å². The Morgan fingerprint density at radius 3 is 2.28 bits per heavy atom. The first kappa shape index (κ1) is 15.2. The fourth-order valence-electron chi connectivity index (χ4n) is 2.34. The van der Waals surface area contributed by atoms with Gasteiger partial charge in [0, 0.05) is 13.0 Å². The zero-order valence-electron chi connectivity index (χ0n) is 11.8. The molecule has 1 heterocycles. The molecule has 102 valence electrons. The highest BCUT2D eigenvalue weighted by molar-refractivity contribution is 6.32. The van der Waals surface area contributed by atoms with Gasteiger partial charge < -0.3 is 0 Å². The van der Waals surface area contributed by atoms with Crippen LogP contribution < -0.4 is 0 Å². The third-order valence-electron chi connectivity index (χ3n) is 3.33. The lowest BCUT2D eigenvalue weighted by molar-refractivity contribution is -0.122. The molecule has 0 bridgehead atoms. The molecular weight excluding hydrogens is 248 g/mol. The van der Waals surface area contributed by atoms with Crippen LogP contribution in [0.5, 0.6) is 0 Å². The van der Waals surface area contributed by atoms with E-state index in [-0.39, 0.29) is 5.92 Å². The summed E-state index contributed by atoms with van der Waals surface area (Å²) in [7, 11) is 1.84. The number of carbonyl (C=O) groups is 1. The van der Waals surface area contributed by atoms with Gasteiger partial charge in [-0.1, -0.05) is 38.3 Å². The van der Waals surface area contributed by atoms with Crippen LogP contribution >= 0.6 is 11.6 Å². The molecule has 0 saturated heterocycles. The molecule has 0 aliphatic heterocycles. The van der Waals surface area contributed by atoms with Crippen molar-refractivity contribution in [3.05, 3.63) is 16.4 Å². The second-order valence-corrected chi connectivity index (χ2v) is 5.27. The van der Waals surface area contributed by atoms with E-state index >= 15 is 0 Å². The zero-order valence-corrected chi connectivity index (χ0v) is 12.5. The van der Waals surface area contributed by atoms with Crippen molar-refractivity contribution < 1.29 is 4.79 Å². The normalized spacial score (nSPS) is 11.2. The van der Waals surface area contributed by atoms with Gasteiger partial charge in [-0.2, -0.15) is 5.10 Å². The van der Waals surface area contributed by atoms with Crippen LogP contribution in [0.4, 0.5) is 0 Å². The summed E-state index contributed by atoms with van der Waals surface area (Å²) < 4.78 is 1.73. The molecule has 1 rings (SSSR count). The van der Waals surface area contributed by atoms with E-state index in [9.17, 15) is 4.79 Å². The summed E-state index contributed by atoms with van der Waals surface area (Å²) in [5, 5.41) is 4.88. The number of nitrogens with zero attached hydrogens (tertiary/aromatic N) is 2. The van der Waals surface area contributed by atoms with Crippen LogP contribution in [0.3, 0.4) is 0 Å². The Hall–Kier alpha value is -0.830. The number of hydrogen-bond acceptors (Lipinski definition) is 2. The number of Topliss-reactive ketones (excluding diaryl/α,β-unsaturated/α-hetero) is 1. The van der Waals surface area contributed by atoms with Gasteiger partial charge in [0.25, 0.3) is 0 Å². The summed E-state index contributed by atoms with van der Waals surface area (Å²) in [4.78, 5) is 12.3. The number of rotatable bonds is 7. The van der Waals surface area contributed by atoms with Crippen LogP contribution in [0.25, 0.3) is 0 Å². The molecule has 1 aromatic heterocycles. The maximum Gasteiger partial charge on any atom is 0.141 e. The second kappa shape index (κ2) is 6.93. The lowest BCUT2D eigenvalue weighted by Crippen LogP contribution is -2.18. The standard InChI is InChI=1S/C14H23ClN2O/c1-5-7-11(8-6-2)13(18)9-12-14(15)10(3)16-17(12)4/h11H,5-9H2,1-4H3. The number of halogens is 1. The molecule has 0 aromatic carbocycles. The van der Waals surface area contributed by atoms with Crippen molar-refractivity contribution in [1.29, 1.82) is 0 Å². The minimum absolute atomic E-state index is 0.172. The van der Waals surface area contributed by atoms with Gasteiger partial charge in [0.2, 0.25) is 0 Å². The molecule has 0 spiro atoms. The third-order valence-corrected chi connectivity index (χ3v) is 3.82. The molecule has 4 heteroatoms. The Morgan fingerprint density at radius 2 is 1.89 bits per heavy atom. The minimum atomic E-state index is 0.172. The van der Waals surface area contributed by atoms with Gasteiger partial charge in [0.15, 0.2) is 0 Å². The topological polar surface area (TPSA) is 34.9 Å². The molecule has 3 nitrogen and oxygen atoms in total. The molecule has 0 radical (unpaired) electrons. The van der Waals surface area contributed by atoms with Gasteiger partial charge in [-0.25, -0.2) is 0 Å². The molecule has 0 aliphatic carbocycles. The van der Waals surface area contributed by atoms with Gasteiger partial charge in [-0.05, 0) is 19.8 Å². The van der Waals surface area contributed by atoms with Crippen molar-refractivity contribution in [3.63, 3.8) is 0 Å². The average Bonchev–Trinajstić information content (AvgIpc) is 2.55. The first-order chi connectivity index (χ1) is 8.51. The minimum Gasteiger partial charge on any atom is -0.299 e. The second-order valence-electron chi connectivity index (χ2n) is 4.89. The number of aromatic nitrogens is 2. The van der Waals surface area contributed by atoms with Gasteiger partial charge in [0.1, 0.15) is 5.78 Å². The summed E-state index contributed by atoms with van der Waals surface area (Å²) in [5.41, 5.74) is 1.64. The predicted molar refractivity (Wildman–Crippen MR) is 75.0 cm³/mol. The largest absolute Gasteiger partial charge is 0.299 e. The number of carbonyl (C=O) groups excluding carboxylic acids is 1. The summed E-state index contributed by atoms with van der Waals surface area (Å²) in [6.45, 7) is 6.11. The Kier molecular flexibility index (Phi) is 5.86. The summed E-state index contributed by atoms with van der Waals surface area (Å²) >= 11 is 6.18. The van der Waals surface area contributed by atoms with Crippen molar-refractivity contribution >= 4 is 17.4 Å². The van der Waals surface area contributed by atoms with Gasteiger partial charge in [-0.3, -0.25) is 9.48 Å². The van der Waals surface area contributed by atoms with Crippen LogP contribution in [-0.4, -0.2) is 15.6 Å². The predicted octanol–water partition coefficient (Wildman–Crippen LogP) is 3.71. The summed E-state index contributed by atoms with van der Waals surface area (Å²) in [5.74, 6) is 0.467. The number of hydrogen-bond donors (Lipinski definition) is 0. The Balaban J connectivity index is 2.78. The summed E-state index contributed by atoms with van der Waals surface area (Å²) in [6.07, 6.45) is 4.45. The van der Waals surface area contributed by atoms with E-state index < -0.39 is 0 Å². The first-order valence-electron chi connectivity index (χ1n) is 6.71. The van der Waals surface area contributed by atoms with E-state index in [1.165, 1.54) is 0 Å². The zero-order chi connectivity index (χ0) is 13.7. The van der Waals surface area contributed by atoms with Crippen molar-refractivity contribution in [2.24, 2.45) is 13.0 Å². The lowest BCUT2D eigenvalue weighted by Gasteiger charge is -2.14. The molecule has 0 amide bonds. The maximum absolute atomic E-state index is 12.3. The molecule has 0 N–H and O–H groups in total. The smallest absolute Gasteiger partial charge is 0.141 e. The molecule has 18 heavy (non-hydrogen) atoms. The van der Waals surface area contributed by atoms with E-state index in [4.69, 9.17) is 11.6 Å². The van der Waals surface area contributed by atoms with Gasteiger partial charge in [-0.15, -0.1) is 0 Å². The van der Waals surface area contributed by atoms with Crippen molar-refractivity contribution in [2.45, 2.75) is 52.9 Å². The fourth-order valence-corrected chi connectivity index (χ4v) is 2.57. The monoisotopic (exact) mass is 270 g/mol. The fraction of sp³-hybridized carbons (Fsp3) is 0.714. The molecule has 0 aliphatic rings. The maximum atomic E-state index is 12.3. The first-order valence-corrected chi connectivity index (χ1v) is 7.09. The van der Waals surface area contributed by atoms with Crippen LogP contribution in [0.15, 0.2) is 0 Å². The van der Waals surface area contributed by atoms with E-state index in [1.54, 1.807) is 4.68 Å². The van der Waals surface area contributed by atoms with Crippen molar-refractivity contribution in [1.82, 2.24) is 9.78 Å². The van der Waals surface area contributed by atoms with Gasteiger partial charge in [0.05, 0.1) is 22.8 Å². The molecule has 0 fully saturated rings. The highest BCUT2D eigenvalue weighted by atomic mass is 35.5. The molecular formula is C14H23ClN2O.